The lowest BCUT2D eigenvalue weighted by molar-refractivity contribution is 0.159. The van der Waals surface area contributed by atoms with Crippen LogP contribution in [0.3, 0.4) is 0 Å². The predicted octanol–water partition coefficient (Wildman–Crippen LogP) is 4.57. The minimum atomic E-state index is -0.821. The van der Waals surface area contributed by atoms with Crippen LogP contribution < -0.4 is 5.43 Å². The Morgan fingerprint density at radius 1 is 1.28 bits per heavy atom. The number of fused-ring (bicyclic) bond motifs is 1. The first kappa shape index (κ1) is 19.2. The Morgan fingerprint density at radius 2 is 2.10 bits per heavy atom. The maximum absolute atomic E-state index is 12.0. The van der Waals surface area contributed by atoms with E-state index in [1.54, 1.807) is 17.0 Å². The molecule has 0 aliphatic carbocycles. The Kier molecular flexibility index (Phi) is 5.13. The summed E-state index contributed by atoms with van der Waals surface area (Å²) in [5.74, 6) is -0.377. The van der Waals surface area contributed by atoms with Gasteiger partial charge in [0.25, 0.3) is 0 Å². The molecular formula is C22H20ClN3O3. The molecule has 1 atom stereocenters. The van der Waals surface area contributed by atoms with Gasteiger partial charge in [-0.15, -0.1) is 0 Å². The van der Waals surface area contributed by atoms with Crippen LogP contribution in [0, 0.1) is 0 Å². The third kappa shape index (κ3) is 3.52. The number of aliphatic hydroxyl groups excluding tert-OH is 1. The molecule has 7 heteroatoms. The number of benzene rings is 1. The van der Waals surface area contributed by atoms with E-state index >= 15 is 0 Å². The van der Waals surface area contributed by atoms with E-state index < -0.39 is 11.5 Å². The van der Waals surface area contributed by atoms with Gasteiger partial charge in [-0.2, -0.15) is 0 Å². The molecule has 0 amide bonds. The summed E-state index contributed by atoms with van der Waals surface area (Å²) in [6.07, 6.45) is 5.19. The van der Waals surface area contributed by atoms with Gasteiger partial charge in [-0.1, -0.05) is 37.1 Å². The molecule has 0 spiro atoms. The van der Waals surface area contributed by atoms with Gasteiger partial charge in [-0.25, -0.2) is 4.98 Å². The average Bonchev–Trinajstić information content (AvgIpc) is 3.18. The fourth-order valence-corrected chi connectivity index (χ4v) is 3.79. The summed E-state index contributed by atoms with van der Waals surface area (Å²) in [6, 6.07) is 10.7. The van der Waals surface area contributed by atoms with Crippen molar-refractivity contribution < 1.29 is 10.2 Å². The highest BCUT2D eigenvalue weighted by Gasteiger charge is 2.16. The van der Waals surface area contributed by atoms with E-state index in [1.807, 2.05) is 37.3 Å². The summed E-state index contributed by atoms with van der Waals surface area (Å²) < 4.78 is 1.64. The average molecular weight is 410 g/mol. The minimum Gasteiger partial charge on any atom is -0.503 e. The van der Waals surface area contributed by atoms with Crippen molar-refractivity contribution in [1.29, 1.82) is 0 Å². The molecule has 4 rings (SSSR count). The molecule has 0 bridgehead atoms. The number of nitrogens with zero attached hydrogens (tertiary/aromatic N) is 2. The van der Waals surface area contributed by atoms with E-state index in [0.29, 0.717) is 22.8 Å². The quantitative estimate of drug-likeness (QED) is 0.450. The molecule has 148 valence electrons. The number of nitrogens with one attached hydrogen (secondary N) is 1. The molecule has 4 aromatic rings. The first-order chi connectivity index (χ1) is 14.0. The molecule has 3 N–H and O–H groups in total. The van der Waals surface area contributed by atoms with Gasteiger partial charge in [0.05, 0.1) is 23.0 Å². The van der Waals surface area contributed by atoms with Crippen molar-refractivity contribution in [2.24, 2.45) is 0 Å². The lowest BCUT2D eigenvalue weighted by Gasteiger charge is -2.19. The highest BCUT2D eigenvalue weighted by molar-refractivity contribution is 6.34. The van der Waals surface area contributed by atoms with E-state index in [9.17, 15) is 15.0 Å². The van der Waals surface area contributed by atoms with Crippen LogP contribution in [0.5, 0.6) is 5.75 Å². The fourth-order valence-electron chi connectivity index (χ4n) is 3.53. The summed E-state index contributed by atoms with van der Waals surface area (Å²) in [5.41, 5.74) is 3.02. The number of rotatable bonds is 5. The Hall–Kier alpha value is -3.09. The van der Waals surface area contributed by atoms with Crippen LogP contribution in [-0.4, -0.2) is 24.7 Å². The lowest BCUT2D eigenvalue weighted by atomic mass is 10.0. The van der Waals surface area contributed by atoms with Crippen molar-refractivity contribution in [1.82, 2.24) is 14.5 Å². The first-order valence-electron chi connectivity index (χ1n) is 9.35. The number of aromatic amines is 1. The molecule has 3 heterocycles. The number of aliphatic hydroxyl groups is 1. The fraction of sp³-hybridized carbons (Fsp3) is 0.182. The highest BCUT2D eigenvalue weighted by Crippen LogP contribution is 2.35. The van der Waals surface area contributed by atoms with Crippen molar-refractivity contribution in [2.45, 2.75) is 25.9 Å². The molecule has 0 aliphatic heterocycles. The largest absolute Gasteiger partial charge is 0.503 e. The molecule has 0 saturated carbocycles. The van der Waals surface area contributed by atoms with Gasteiger partial charge < -0.3 is 19.8 Å². The standard InChI is InChI=1S/C22H20ClN3O3/c1-2-4-18(27)17-10-19(28)20(29)12-26(17)14-6-3-5-13(9-14)21-15-7-8-24-22(15)25-11-16(21)23/h3,5-12,18,27,29H,2,4H2,1H3,(H,24,25). The molecule has 29 heavy (non-hydrogen) atoms. The molecule has 0 aliphatic rings. The van der Waals surface area contributed by atoms with Crippen molar-refractivity contribution in [3.8, 4) is 22.6 Å². The third-order valence-corrected chi connectivity index (χ3v) is 5.20. The molecule has 0 radical (unpaired) electrons. The number of hydrogen-bond donors (Lipinski definition) is 3. The zero-order valence-electron chi connectivity index (χ0n) is 15.8. The topological polar surface area (TPSA) is 91.1 Å². The summed E-state index contributed by atoms with van der Waals surface area (Å²) in [4.78, 5) is 19.4. The second-order valence-electron chi connectivity index (χ2n) is 6.89. The number of halogens is 1. The van der Waals surface area contributed by atoms with E-state index in [0.717, 1.165) is 28.6 Å². The second-order valence-corrected chi connectivity index (χ2v) is 7.30. The molecule has 3 aromatic heterocycles. The molecule has 0 fully saturated rings. The summed E-state index contributed by atoms with van der Waals surface area (Å²) >= 11 is 6.46. The van der Waals surface area contributed by atoms with Crippen molar-refractivity contribution >= 4 is 22.6 Å². The van der Waals surface area contributed by atoms with Crippen LogP contribution in [0.15, 0.2) is 59.8 Å². The van der Waals surface area contributed by atoms with Crippen LogP contribution in [0.25, 0.3) is 27.8 Å². The summed E-state index contributed by atoms with van der Waals surface area (Å²) in [7, 11) is 0. The van der Waals surface area contributed by atoms with Crippen LogP contribution in [0.1, 0.15) is 31.6 Å². The normalized spacial score (nSPS) is 12.4. The predicted molar refractivity (Wildman–Crippen MR) is 114 cm³/mol. The van der Waals surface area contributed by atoms with Gasteiger partial charge in [-0.3, -0.25) is 4.79 Å². The van der Waals surface area contributed by atoms with Gasteiger partial charge >= 0.3 is 0 Å². The van der Waals surface area contributed by atoms with Gasteiger partial charge in [-0.05, 0) is 30.2 Å². The zero-order chi connectivity index (χ0) is 20.5. The van der Waals surface area contributed by atoms with Gasteiger partial charge in [0, 0.05) is 35.1 Å². The van der Waals surface area contributed by atoms with Gasteiger partial charge in [0.1, 0.15) is 5.65 Å². The van der Waals surface area contributed by atoms with E-state index in [-0.39, 0.29) is 5.75 Å². The zero-order valence-corrected chi connectivity index (χ0v) is 16.5. The third-order valence-electron chi connectivity index (χ3n) is 4.92. The monoisotopic (exact) mass is 409 g/mol. The molecule has 1 aromatic carbocycles. The number of pyridine rings is 2. The van der Waals surface area contributed by atoms with E-state index in [2.05, 4.69) is 9.97 Å². The number of hydrogen-bond acceptors (Lipinski definition) is 4. The number of aromatic hydroxyl groups is 1. The number of aromatic nitrogens is 3. The maximum atomic E-state index is 12.0. The van der Waals surface area contributed by atoms with Crippen molar-refractivity contribution in [3.05, 3.63) is 75.9 Å². The summed E-state index contributed by atoms with van der Waals surface area (Å²) in [5, 5.41) is 21.9. The van der Waals surface area contributed by atoms with Crippen LogP contribution >= 0.6 is 11.6 Å². The lowest BCUT2D eigenvalue weighted by Crippen LogP contribution is -2.14. The second kappa shape index (κ2) is 7.73. The molecule has 6 nitrogen and oxygen atoms in total. The maximum Gasteiger partial charge on any atom is 0.223 e. The summed E-state index contributed by atoms with van der Waals surface area (Å²) in [6.45, 7) is 1.96. The van der Waals surface area contributed by atoms with E-state index in [4.69, 9.17) is 11.6 Å². The van der Waals surface area contributed by atoms with Crippen LogP contribution in [0.2, 0.25) is 5.02 Å². The SMILES string of the molecule is CCCC(O)c1cc(=O)c(O)cn1-c1cccc(-c2c(Cl)cnc3[nH]ccc23)c1. The van der Waals surface area contributed by atoms with Gasteiger partial charge in [0.2, 0.25) is 5.43 Å². The Balaban J connectivity index is 1.91. The first-order valence-corrected chi connectivity index (χ1v) is 9.73. The highest BCUT2D eigenvalue weighted by atomic mass is 35.5. The Morgan fingerprint density at radius 3 is 2.90 bits per heavy atom. The van der Waals surface area contributed by atoms with Crippen LogP contribution in [0.4, 0.5) is 0 Å². The Labute approximate surface area is 172 Å². The Bertz CT molecular complexity index is 1250. The smallest absolute Gasteiger partial charge is 0.223 e. The van der Waals surface area contributed by atoms with Crippen molar-refractivity contribution in [3.63, 3.8) is 0 Å². The molecule has 1 unspecified atom stereocenters. The number of H-pyrrole nitrogens is 1. The van der Waals surface area contributed by atoms with E-state index in [1.165, 1.54) is 12.3 Å². The molecular weight excluding hydrogens is 390 g/mol. The van der Waals surface area contributed by atoms with Crippen molar-refractivity contribution in [2.75, 3.05) is 0 Å². The van der Waals surface area contributed by atoms with Crippen LogP contribution in [-0.2, 0) is 0 Å². The minimum absolute atomic E-state index is 0.377. The van der Waals surface area contributed by atoms with Gasteiger partial charge in [0.15, 0.2) is 5.75 Å². The molecule has 0 saturated heterocycles.